The van der Waals surface area contributed by atoms with E-state index in [1.165, 1.54) is 0 Å². The van der Waals surface area contributed by atoms with Crippen LogP contribution in [0.25, 0.3) is 10.8 Å². The van der Waals surface area contributed by atoms with E-state index in [4.69, 9.17) is 9.31 Å². The molecule has 4 heteroatoms. The Labute approximate surface area is 112 Å². The van der Waals surface area contributed by atoms with E-state index in [0.29, 0.717) is 5.76 Å². The number of phenolic OH excluding ortho intramolecular Hbond substituents is 1. The number of rotatable bonds is 1. The monoisotopic (exact) mass is 254 g/mol. The lowest BCUT2D eigenvalue weighted by Crippen LogP contribution is -2.34. The van der Waals surface area contributed by atoms with Crippen molar-refractivity contribution in [2.24, 2.45) is 0 Å². The van der Waals surface area contributed by atoms with Crippen LogP contribution in [0.3, 0.4) is 0 Å². The Bertz CT molecular complexity index is 663. The molecular weight excluding hydrogens is 239 g/mol. The SMILES string of the molecule is C=C1OB(c2ccc3cc(O)ccc3c2)OC1(C)C. The van der Waals surface area contributed by atoms with Gasteiger partial charge in [0.1, 0.15) is 11.4 Å². The van der Waals surface area contributed by atoms with Gasteiger partial charge >= 0.3 is 7.12 Å². The highest BCUT2D eigenvalue weighted by atomic mass is 16.7. The molecule has 0 spiro atoms. The van der Waals surface area contributed by atoms with Crippen LogP contribution >= 0.6 is 0 Å². The number of hydrogen-bond donors (Lipinski definition) is 1. The van der Waals surface area contributed by atoms with E-state index in [9.17, 15) is 5.11 Å². The zero-order chi connectivity index (χ0) is 13.6. The van der Waals surface area contributed by atoms with Crippen molar-refractivity contribution in [3.8, 4) is 5.75 Å². The predicted octanol–water partition coefficient (Wildman–Crippen LogP) is 2.58. The number of hydrogen-bond acceptors (Lipinski definition) is 3. The second-order valence-corrected chi connectivity index (χ2v) is 5.29. The van der Waals surface area contributed by atoms with Crippen LogP contribution in [0.5, 0.6) is 5.75 Å². The largest absolute Gasteiger partial charge is 0.563 e. The van der Waals surface area contributed by atoms with Gasteiger partial charge in [0.25, 0.3) is 0 Å². The summed E-state index contributed by atoms with van der Waals surface area (Å²) in [5, 5.41) is 11.5. The molecule has 2 aromatic carbocycles. The minimum absolute atomic E-state index is 0.267. The zero-order valence-electron chi connectivity index (χ0n) is 11.0. The van der Waals surface area contributed by atoms with Gasteiger partial charge in [-0.15, -0.1) is 0 Å². The molecule has 1 aliphatic rings. The van der Waals surface area contributed by atoms with Crippen LogP contribution in [0, 0.1) is 0 Å². The van der Waals surface area contributed by atoms with E-state index in [0.717, 1.165) is 16.2 Å². The molecule has 3 rings (SSSR count). The maximum absolute atomic E-state index is 9.45. The van der Waals surface area contributed by atoms with E-state index in [1.54, 1.807) is 12.1 Å². The van der Waals surface area contributed by atoms with Gasteiger partial charge < -0.3 is 14.4 Å². The fourth-order valence-electron chi connectivity index (χ4n) is 2.16. The first-order valence-electron chi connectivity index (χ1n) is 6.22. The second kappa shape index (κ2) is 4.03. The average molecular weight is 254 g/mol. The molecule has 0 bridgehead atoms. The van der Waals surface area contributed by atoms with Crippen LogP contribution in [-0.4, -0.2) is 17.8 Å². The first kappa shape index (κ1) is 12.1. The maximum atomic E-state index is 9.45. The lowest BCUT2D eigenvalue weighted by atomic mass is 9.78. The molecule has 0 radical (unpaired) electrons. The molecule has 19 heavy (non-hydrogen) atoms. The minimum atomic E-state index is -0.464. The van der Waals surface area contributed by atoms with Crippen molar-refractivity contribution in [2.45, 2.75) is 19.4 Å². The quantitative estimate of drug-likeness (QED) is 0.795. The van der Waals surface area contributed by atoms with Crippen molar-refractivity contribution in [3.63, 3.8) is 0 Å². The van der Waals surface area contributed by atoms with Crippen LogP contribution in [0.1, 0.15) is 13.8 Å². The molecule has 0 atom stereocenters. The van der Waals surface area contributed by atoms with Crippen LogP contribution in [0.15, 0.2) is 48.7 Å². The predicted molar refractivity (Wildman–Crippen MR) is 76.4 cm³/mol. The summed E-state index contributed by atoms with van der Waals surface area (Å²) in [4.78, 5) is 0. The topological polar surface area (TPSA) is 38.7 Å². The molecule has 1 fully saturated rings. The lowest BCUT2D eigenvalue weighted by molar-refractivity contribution is 0.173. The Morgan fingerprint density at radius 1 is 1.11 bits per heavy atom. The van der Waals surface area contributed by atoms with Crippen LogP contribution < -0.4 is 5.46 Å². The van der Waals surface area contributed by atoms with Gasteiger partial charge in [-0.05, 0) is 42.2 Å². The number of phenols is 1. The van der Waals surface area contributed by atoms with E-state index in [-0.39, 0.29) is 5.75 Å². The van der Waals surface area contributed by atoms with Crippen molar-refractivity contribution >= 4 is 23.4 Å². The summed E-state index contributed by atoms with van der Waals surface area (Å²) in [7, 11) is -0.416. The molecule has 0 amide bonds. The van der Waals surface area contributed by atoms with E-state index in [1.807, 2.05) is 38.1 Å². The first-order chi connectivity index (χ1) is 8.95. The van der Waals surface area contributed by atoms with Gasteiger partial charge in [-0.1, -0.05) is 30.8 Å². The smallest absolute Gasteiger partial charge is 0.534 e. The van der Waals surface area contributed by atoms with E-state index in [2.05, 4.69) is 6.58 Å². The van der Waals surface area contributed by atoms with Crippen molar-refractivity contribution in [3.05, 3.63) is 48.7 Å². The molecule has 96 valence electrons. The summed E-state index contributed by atoms with van der Waals surface area (Å²) in [6.07, 6.45) is 0. The molecule has 2 aromatic rings. The highest BCUT2D eigenvalue weighted by molar-refractivity contribution is 6.62. The average Bonchev–Trinajstić information content (AvgIpc) is 2.63. The second-order valence-electron chi connectivity index (χ2n) is 5.29. The fourth-order valence-corrected chi connectivity index (χ4v) is 2.16. The van der Waals surface area contributed by atoms with Crippen molar-refractivity contribution in [1.29, 1.82) is 0 Å². The lowest BCUT2D eigenvalue weighted by Gasteiger charge is -2.15. The molecular formula is C15H15BO3. The van der Waals surface area contributed by atoms with Crippen molar-refractivity contribution in [2.75, 3.05) is 0 Å². The van der Waals surface area contributed by atoms with Gasteiger partial charge in [-0.25, -0.2) is 0 Å². The summed E-state index contributed by atoms with van der Waals surface area (Å²) in [6.45, 7) is 7.75. The third kappa shape index (κ3) is 2.08. The number of fused-ring (bicyclic) bond motifs is 1. The third-order valence-electron chi connectivity index (χ3n) is 3.44. The molecule has 0 unspecified atom stereocenters. The van der Waals surface area contributed by atoms with Crippen molar-refractivity contribution in [1.82, 2.24) is 0 Å². The fraction of sp³-hybridized carbons (Fsp3) is 0.200. The summed E-state index contributed by atoms with van der Waals surface area (Å²) in [5.41, 5.74) is 0.485. The molecule has 0 aromatic heterocycles. The standard InChI is InChI=1S/C15H15BO3/c1-10-15(2,3)19-16(18-10)13-6-4-12-9-14(17)7-5-11(12)8-13/h4-9,17H,1H2,2-3H3. The Balaban J connectivity index is 1.99. The number of benzene rings is 2. The van der Waals surface area contributed by atoms with Crippen molar-refractivity contribution < 1.29 is 14.4 Å². The van der Waals surface area contributed by atoms with Gasteiger partial charge in [0.2, 0.25) is 0 Å². The summed E-state index contributed by atoms with van der Waals surface area (Å²) >= 11 is 0. The van der Waals surface area contributed by atoms with Crippen LogP contribution in [0.2, 0.25) is 0 Å². The Morgan fingerprint density at radius 3 is 2.47 bits per heavy atom. The van der Waals surface area contributed by atoms with E-state index >= 15 is 0 Å². The maximum Gasteiger partial charge on any atom is 0.563 e. The van der Waals surface area contributed by atoms with Gasteiger partial charge in [0.15, 0.2) is 0 Å². The molecule has 3 nitrogen and oxygen atoms in total. The molecule has 0 aliphatic carbocycles. The van der Waals surface area contributed by atoms with Gasteiger partial charge in [-0.2, -0.15) is 0 Å². The third-order valence-corrected chi connectivity index (χ3v) is 3.44. The number of aromatic hydroxyl groups is 1. The van der Waals surface area contributed by atoms with Gasteiger partial charge in [0.05, 0.1) is 5.76 Å². The molecule has 1 N–H and O–H groups in total. The molecule has 1 aliphatic heterocycles. The summed E-state index contributed by atoms with van der Waals surface area (Å²) in [6, 6.07) is 11.2. The molecule has 0 saturated carbocycles. The Morgan fingerprint density at radius 2 is 1.79 bits per heavy atom. The first-order valence-corrected chi connectivity index (χ1v) is 6.22. The minimum Gasteiger partial charge on any atom is -0.534 e. The van der Waals surface area contributed by atoms with Gasteiger partial charge in [0, 0.05) is 0 Å². The van der Waals surface area contributed by atoms with Gasteiger partial charge in [-0.3, -0.25) is 0 Å². The highest BCUT2D eigenvalue weighted by Gasteiger charge is 2.42. The normalized spacial score (nSPS) is 17.8. The van der Waals surface area contributed by atoms with Crippen LogP contribution in [0.4, 0.5) is 0 Å². The Kier molecular flexibility index (Phi) is 2.57. The summed E-state index contributed by atoms with van der Waals surface area (Å²) < 4.78 is 11.5. The highest BCUT2D eigenvalue weighted by Crippen LogP contribution is 2.29. The molecule has 1 heterocycles. The van der Waals surface area contributed by atoms with Crippen LogP contribution in [-0.2, 0) is 9.31 Å². The Hall–Kier alpha value is -1.94. The summed E-state index contributed by atoms with van der Waals surface area (Å²) in [5.74, 6) is 0.909. The van der Waals surface area contributed by atoms with E-state index < -0.39 is 12.7 Å². The zero-order valence-corrected chi connectivity index (χ0v) is 11.0. The molecule has 1 saturated heterocycles.